The minimum atomic E-state index is 0. The van der Waals surface area contributed by atoms with Crippen LogP contribution in [-0.2, 0) is 0 Å². The molecule has 1 aromatic carbocycles. The highest BCUT2D eigenvalue weighted by Gasteiger charge is 2.11. The third-order valence-electron chi connectivity index (χ3n) is 2.73. The SMILES string of the molecule is Cl.N#CC(=C1CCNCC1)c1ccccc1. The first-order valence-electron chi connectivity index (χ1n) is 5.30. The van der Waals surface area contributed by atoms with Gasteiger partial charge in [-0.25, -0.2) is 0 Å². The van der Waals surface area contributed by atoms with E-state index in [4.69, 9.17) is 0 Å². The minimum Gasteiger partial charge on any atom is -0.316 e. The van der Waals surface area contributed by atoms with Crippen LogP contribution in [-0.4, -0.2) is 13.1 Å². The molecule has 16 heavy (non-hydrogen) atoms. The lowest BCUT2D eigenvalue weighted by Crippen LogP contribution is -2.23. The fraction of sp³-hybridized carbons (Fsp3) is 0.308. The molecule has 0 aliphatic carbocycles. The van der Waals surface area contributed by atoms with Crippen LogP contribution in [0.4, 0.5) is 0 Å². The van der Waals surface area contributed by atoms with E-state index < -0.39 is 0 Å². The van der Waals surface area contributed by atoms with Gasteiger partial charge in [-0.15, -0.1) is 12.4 Å². The van der Waals surface area contributed by atoms with Crippen LogP contribution in [0.1, 0.15) is 18.4 Å². The van der Waals surface area contributed by atoms with Crippen LogP contribution in [0, 0.1) is 11.3 Å². The van der Waals surface area contributed by atoms with E-state index in [1.54, 1.807) is 0 Å². The molecule has 0 atom stereocenters. The molecule has 3 heteroatoms. The molecule has 1 aliphatic rings. The van der Waals surface area contributed by atoms with Crippen LogP contribution in [0.5, 0.6) is 0 Å². The maximum atomic E-state index is 9.20. The molecular formula is C13H15ClN2. The Labute approximate surface area is 102 Å². The number of nitrogens with zero attached hydrogens (tertiary/aromatic N) is 1. The molecule has 0 saturated carbocycles. The average molecular weight is 235 g/mol. The summed E-state index contributed by atoms with van der Waals surface area (Å²) in [6.07, 6.45) is 2.00. The van der Waals surface area contributed by atoms with Crippen molar-refractivity contribution in [3.63, 3.8) is 0 Å². The van der Waals surface area contributed by atoms with Gasteiger partial charge in [-0.05, 0) is 37.1 Å². The molecule has 2 nitrogen and oxygen atoms in total. The number of benzene rings is 1. The molecule has 0 unspecified atom stereocenters. The summed E-state index contributed by atoms with van der Waals surface area (Å²) >= 11 is 0. The first-order chi connectivity index (χ1) is 7.42. The van der Waals surface area contributed by atoms with E-state index in [9.17, 15) is 5.26 Å². The Bertz CT molecular complexity index is 396. The van der Waals surface area contributed by atoms with Gasteiger partial charge in [-0.2, -0.15) is 5.26 Å². The van der Waals surface area contributed by atoms with Crippen molar-refractivity contribution in [1.82, 2.24) is 5.32 Å². The van der Waals surface area contributed by atoms with Gasteiger partial charge in [0.05, 0.1) is 11.6 Å². The molecular weight excluding hydrogens is 220 g/mol. The first kappa shape index (κ1) is 12.8. The number of hydrogen-bond donors (Lipinski definition) is 1. The summed E-state index contributed by atoms with van der Waals surface area (Å²) < 4.78 is 0. The lowest BCUT2D eigenvalue weighted by molar-refractivity contribution is 0.612. The van der Waals surface area contributed by atoms with Gasteiger partial charge >= 0.3 is 0 Å². The van der Waals surface area contributed by atoms with Crippen LogP contribution in [0.3, 0.4) is 0 Å². The highest BCUT2D eigenvalue weighted by atomic mass is 35.5. The van der Waals surface area contributed by atoms with Gasteiger partial charge in [0.2, 0.25) is 0 Å². The lowest BCUT2D eigenvalue weighted by Gasteiger charge is -2.17. The van der Waals surface area contributed by atoms with Gasteiger partial charge in [-0.1, -0.05) is 30.3 Å². The van der Waals surface area contributed by atoms with Crippen LogP contribution in [0.25, 0.3) is 5.57 Å². The standard InChI is InChI=1S/C13H14N2.ClH/c14-10-13(11-4-2-1-3-5-11)12-6-8-15-9-7-12;/h1-5,15H,6-9H2;1H. The summed E-state index contributed by atoms with van der Waals surface area (Å²) in [5.74, 6) is 0. The number of nitriles is 1. The van der Waals surface area contributed by atoms with Crippen LogP contribution in [0.2, 0.25) is 0 Å². The van der Waals surface area contributed by atoms with E-state index in [0.29, 0.717) is 0 Å². The Kier molecular flexibility index (Phi) is 5.04. The van der Waals surface area contributed by atoms with Gasteiger partial charge in [-0.3, -0.25) is 0 Å². The zero-order valence-corrected chi connectivity index (χ0v) is 9.89. The molecule has 0 bridgehead atoms. The molecule has 0 spiro atoms. The van der Waals surface area contributed by atoms with Crippen molar-refractivity contribution >= 4 is 18.0 Å². The number of halogens is 1. The topological polar surface area (TPSA) is 35.8 Å². The van der Waals surface area contributed by atoms with E-state index in [-0.39, 0.29) is 12.4 Å². The zero-order valence-electron chi connectivity index (χ0n) is 9.07. The maximum Gasteiger partial charge on any atom is 0.0997 e. The summed E-state index contributed by atoms with van der Waals surface area (Å²) in [6.45, 7) is 1.99. The van der Waals surface area contributed by atoms with Gasteiger partial charge < -0.3 is 5.32 Å². The fourth-order valence-corrected chi connectivity index (χ4v) is 1.93. The molecule has 1 aromatic rings. The van der Waals surface area contributed by atoms with E-state index in [1.165, 1.54) is 5.57 Å². The largest absolute Gasteiger partial charge is 0.316 e. The molecule has 0 aromatic heterocycles. The summed E-state index contributed by atoms with van der Waals surface area (Å²) in [6, 6.07) is 12.3. The van der Waals surface area contributed by atoms with Crippen molar-refractivity contribution in [1.29, 1.82) is 5.26 Å². The number of allylic oxidation sites excluding steroid dienone is 1. The van der Waals surface area contributed by atoms with Crippen LogP contribution >= 0.6 is 12.4 Å². The molecule has 84 valence electrons. The van der Waals surface area contributed by atoms with Gasteiger partial charge in [0.1, 0.15) is 0 Å². The second-order valence-electron chi connectivity index (χ2n) is 3.71. The second-order valence-corrected chi connectivity index (χ2v) is 3.71. The number of nitrogens with one attached hydrogen (secondary N) is 1. The molecule has 0 amide bonds. The lowest BCUT2D eigenvalue weighted by atomic mass is 9.95. The molecule has 1 heterocycles. The second kappa shape index (κ2) is 6.32. The van der Waals surface area contributed by atoms with Crippen molar-refractivity contribution in [3.8, 4) is 6.07 Å². The highest BCUT2D eigenvalue weighted by molar-refractivity contribution is 5.85. The minimum absolute atomic E-state index is 0. The molecule has 1 saturated heterocycles. The average Bonchev–Trinajstić information content (AvgIpc) is 2.33. The van der Waals surface area contributed by atoms with E-state index in [0.717, 1.165) is 37.1 Å². The summed E-state index contributed by atoms with van der Waals surface area (Å²) in [5, 5.41) is 12.5. The summed E-state index contributed by atoms with van der Waals surface area (Å²) in [4.78, 5) is 0. The molecule has 2 rings (SSSR count). The normalized spacial score (nSPS) is 14.8. The quantitative estimate of drug-likeness (QED) is 0.759. The Hall–Kier alpha value is -1.30. The molecule has 1 N–H and O–H groups in total. The summed E-state index contributed by atoms with van der Waals surface area (Å²) in [5.41, 5.74) is 3.22. The fourth-order valence-electron chi connectivity index (χ4n) is 1.93. The predicted molar refractivity (Wildman–Crippen MR) is 68.3 cm³/mol. The Morgan fingerprint density at radius 3 is 2.31 bits per heavy atom. The van der Waals surface area contributed by atoms with Gasteiger partial charge in [0, 0.05) is 0 Å². The highest BCUT2D eigenvalue weighted by Crippen LogP contribution is 2.23. The molecule has 1 fully saturated rings. The van der Waals surface area contributed by atoms with Crippen molar-refractivity contribution in [2.45, 2.75) is 12.8 Å². The van der Waals surface area contributed by atoms with Crippen molar-refractivity contribution in [2.24, 2.45) is 0 Å². The summed E-state index contributed by atoms with van der Waals surface area (Å²) in [7, 11) is 0. The van der Waals surface area contributed by atoms with E-state index in [1.807, 2.05) is 30.3 Å². The number of rotatable bonds is 1. The van der Waals surface area contributed by atoms with Crippen molar-refractivity contribution < 1.29 is 0 Å². The first-order valence-corrected chi connectivity index (χ1v) is 5.30. The smallest absolute Gasteiger partial charge is 0.0997 e. The van der Waals surface area contributed by atoms with Crippen molar-refractivity contribution in [3.05, 3.63) is 41.5 Å². The molecule has 0 radical (unpaired) electrons. The maximum absolute atomic E-state index is 9.20. The van der Waals surface area contributed by atoms with Gasteiger partial charge in [0.25, 0.3) is 0 Å². The monoisotopic (exact) mass is 234 g/mol. The third kappa shape index (κ3) is 2.85. The Balaban J connectivity index is 0.00000128. The van der Waals surface area contributed by atoms with Gasteiger partial charge in [0.15, 0.2) is 0 Å². The van der Waals surface area contributed by atoms with Crippen molar-refractivity contribution in [2.75, 3.05) is 13.1 Å². The number of piperidine rings is 1. The van der Waals surface area contributed by atoms with E-state index >= 15 is 0 Å². The molecule has 1 aliphatic heterocycles. The van der Waals surface area contributed by atoms with E-state index in [2.05, 4.69) is 11.4 Å². The number of hydrogen-bond acceptors (Lipinski definition) is 2. The van der Waals surface area contributed by atoms with Crippen LogP contribution in [0.15, 0.2) is 35.9 Å². The predicted octanol–water partition coefficient (Wildman–Crippen LogP) is 2.77. The third-order valence-corrected chi connectivity index (χ3v) is 2.73. The van der Waals surface area contributed by atoms with Crippen LogP contribution < -0.4 is 5.32 Å². The Morgan fingerprint density at radius 1 is 1.12 bits per heavy atom. The Morgan fingerprint density at radius 2 is 1.75 bits per heavy atom. The zero-order chi connectivity index (χ0) is 10.5.